The predicted molar refractivity (Wildman–Crippen MR) is 92.3 cm³/mol. The van der Waals surface area contributed by atoms with Crippen LogP contribution in [0.4, 0.5) is 0 Å². The highest BCUT2D eigenvalue weighted by Gasteiger charge is 2.10. The van der Waals surface area contributed by atoms with Crippen molar-refractivity contribution in [1.29, 1.82) is 0 Å². The van der Waals surface area contributed by atoms with Gasteiger partial charge < -0.3 is 9.47 Å². The molecule has 0 saturated heterocycles. The van der Waals surface area contributed by atoms with Crippen LogP contribution < -0.4 is 0 Å². The summed E-state index contributed by atoms with van der Waals surface area (Å²) in [6, 6.07) is 18.5. The average molecular weight is 308 g/mol. The summed E-state index contributed by atoms with van der Waals surface area (Å²) >= 11 is 0. The van der Waals surface area contributed by atoms with Crippen molar-refractivity contribution in [1.82, 2.24) is 0 Å². The molecule has 3 aromatic carbocycles. The number of carbonyl (C=O) groups is 1. The number of benzene rings is 3. The fraction of sp³-hybridized carbons (Fsp3) is 0.250. The lowest BCUT2D eigenvalue weighted by Crippen LogP contribution is -2.16. The van der Waals surface area contributed by atoms with Gasteiger partial charge in [-0.2, -0.15) is 0 Å². The van der Waals surface area contributed by atoms with Gasteiger partial charge in [0, 0.05) is 5.56 Å². The van der Waals surface area contributed by atoms with E-state index in [0.29, 0.717) is 0 Å². The summed E-state index contributed by atoms with van der Waals surface area (Å²) in [5.41, 5.74) is 1.04. The van der Waals surface area contributed by atoms with E-state index in [2.05, 4.69) is 30.3 Å². The molecule has 3 aromatic rings. The van der Waals surface area contributed by atoms with Crippen LogP contribution in [0.3, 0.4) is 0 Å². The van der Waals surface area contributed by atoms with Gasteiger partial charge in [0.15, 0.2) is 0 Å². The maximum atomic E-state index is 11.8. The van der Waals surface area contributed by atoms with E-state index in [0.717, 1.165) is 27.1 Å². The molecule has 0 aliphatic rings. The molecule has 3 nitrogen and oxygen atoms in total. The topological polar surface area (TPSA) is 35.5 Å². The molecule has 3 heteroatoms. The highest BCUT2D eigenvalue weighted by Crippen LogP contribution is 2.29. The minimum atomic E-state index is -0.337. The highest BCUT2D eigenvalue weighted by molar-refractivity contribution is 6.02. The largest absolute Gasteiger partial charge is 0.459 e. The molecule has 0 radical (unpaired) electrons. The molecule has 0 spiro atoms. The quantitative estimate of drug-likeness (QED) is 0.515. The first-order chi connectivity index (χ1) is 11.1. The van der Waals surface area contributed by atoms with Gasteiger partial charge in [0.05, 0.1) is 6.10 Å². The second-order valence-corrected chi connectivity index (χ2v) is 5.82. The normalized spacial score (nSPS) is 11.3. The fourth-order valence-corrected chi connectivity index (χ4v) is 2.69. The van der Waals surface area contributed by atoms with Crippen LogP contribution in [0.5, 0.6) is 0 Å². The Hall–Kier alpha value is -2.39. The molecule has 0 aromatic heterocycles. The standard InChI is InChI=1S/C20H20O3/c1-14(2)22-13-20(21)23-12-19-17-9-5-3-7-15(17)11-16-8-4-6-10-18(16)19/h3-11,14H,12-13H2,1-2H3. The third-order valence-corrected chi connectivity index (χ3v) is 3.79. The van der Waals surface area contributed by atoms with Crippen molar-refractivity contribution in [2.24, 2.45) is 0 Å². The zero-order valence-corrected chi connectivity index (χ0v) is 13.4. The Bertz CT molecular complexity index is 783. The lowest BCUT2D eigenvalue weighted by molar-refractivity contribution is -0.151. The second kappa shape index (κ2) is 6.80. The van der Waals surface area contributed by atoms with Crippen LogP contribution in [0.15, 0.2) is 54.6 Å². The molecule has 0 aliphatic heterocycles. The Morgan fingerprint density at radius 2 is 1.52 bits per heavy atom. The van der Waals surface area contributed by atoms with Gasteiger partial charge in [0.25, 0.3) is 0 Å². The van der Waals surface area contributed by atoms with E-state index in [1.54, 1.807) is 0 Å². The third-order valence-electron chi connectivity index (χ3n) is 3.79. The van der Waals surface area contributed by atoms with Crippen LogP contribution in [-0.4, -0.2) is 18.7 Å². The molecular formula is C20H20O3. The van der Waals surface area contributed by atoms with Gasteiger partial charge in [-0.15, -0.1) is 0 Å². The zero-order valence-electron chi connectivity index (χ0n) is 13.4. The second-order valence-electron chi connectivity index (χ2n) is 5.82. The Morgan fingerprint density at radius 1 is 0.957 bits per heavy atom. The van der Waals surface area contributed by atoms with Gasteiger partial charge in [-0.1, -0.05) is 48.5 Å². The highest BCUT2D eigenvalue weighted by atomic mass is 16.6. The molecule has 0 amide bonds. The van der Waals surface area contributed by atoms with E-state index >= 15 is 0 Å². The summed E-state index contributed by atoms with van der Waals surface area (Å²) in [6.45, 7) is 4.03. The molecule has 0 unspecified atom stereocenters. The van der Waals surface area contributed by atoms with Gasteiger partial charge in [-0.25, -0.2) is 4.79 Å². The lowest BCUT2D eigenvalue weighted by Gasteiger charge is -2.13. The monoisotopic (exact) mass is 308 g/mol. The van der Waals surface area contributed by atoms with Gasteiger partial charge in [0.1, 0.15) is 13.2 Å². The van der Waals surface area contributed by atoms with Gasteiger partial charge >= 0.3 is 5.97 Å². The van der Waals surface area contributed by atoms with Crippen LogP contribution >= 0.6 is 0 Å². The van der Waals surface area contributed by atoms with Crippen LogP contribution in [0, 0.1) is 0 Å². The first-order valence-electron chi connectivity index (χ1n) is 7.82. The van der Waals surface area contributed by atoms with Crippen molar-refractivity contribution in [3.63, 3.8) is 0 Å². The molecule has 0 atom stereocenters. The molecule has 3 rings (SSSR count). The van der Waals surface area contributed by atoms with E-state index in [1.165, 1.54) is 0 Å². The van der Waals surface area contributed by atoms with E-state index in [4.69, 9.17) is 9.47 Å². The summed E-state index contributed by atoms with van der Waals surface area (Å²) in [5.74, 6) is -0.337. The van der Waals surface area contributed by atoms with Gasteiger partial charge in [-0.05, 0) is 41.5 Å². The fourth-order valence-electron chi connectivity index (χ4n) is 2.69. The van der Waals surface area contributed by atoms with Crippen LogP contribution in [0.2, 0.25) is 0 Å². The zero-order chi connectivity index (χ0) is 16.2. The Labute approximate surface area is 135 Å². The molecule has 0 bridgehead atoms. The maximum Gasteiger partial charge on any atom is 0.332 e. The smallest absolute Gasteiger partial charge is 0.332 e. The van der Waals surface area contributed by atoms with Crippen molar-refractivity contribution >= 4 is 27.5 Å². The maximum absolute atomic E-state index is 11.8. The Balaban J connectivity index is 1.92. The number of ether oxygens (including phenoxy) is 2. The summed E-state index contributed by atoms with van der Waals surface area (Å²) < 4.78 is 10.7. The molecule has 23 heavy (non-hydrogen) atoms. The van der Waals surface area contributed by atoms with E-state index in [9.17, 15) is 4.79 Å². The first-order valence-corrected chi connectivity index (χ1v) is 7.82. The number of fused-ring (bicyclic) bond motifs is 2. The van der Waals surface area contributed by atoms with Gasteiger partial charge in [0.2, 0.25) is 0 Å². The number of carbonyl (C=O) groups excluding carboxylic acids is 1. The van der Waals surface area contributed by atoms with Crippen molar-refractivity contribution in [3.8, 4) is 0 Å². The Kier molecular flexibility index (Phi) is 4.58. The van der Waals surface area contributed by atoms with Crippen LogP contribution in [0.1, 0.15) is 19.4 Å². The minimum absolute atomic E-state index is 0.0135. The molecule has 0 saturated carbocycles. The van der Waals surface area contributed by atoms with Crippen LogP contribution in [0.25, 0.3) is 21.5 Å². The predicted octanol–water partition coefficient (Wildman–Crippen LogP) is 4.46. The van der Waals surface area contributed by atoms with Crippen LogP contribution in [-0.2, 0) is 20.9 Å². The average Bonchev–Trinajstić information content (AvgIpc) is 2.56. The lowest BCUT2D eigenvalue weighted by atomic mass is 9.97. The SMILES string of the molecule is CC(C)OCC(=O)OCc1c2ccccc2cc2ccccc12. The summed E-state index contributed by atoms with van der Waals surface area (Å²) in [5, 5.41) is 4.53. The first kappa shape index (κ1) is 15.5. The summed E-state index contributed by atoms with van der Waals surface area (Å²) in [6.07, 6.45) is 0.0148. The molecule has 118 valence electrons. The Morgan fingerprint density at radius 3 is 2.09 bits per heavy atom. The molecule has 0 heterocycles. The number of hydrogen-bond acceptors (Lipinski definition) is 3. The van der Waals surface area contributed by atoms with E-state index in [1.807, 2.05) is 38.1 Å². The number of hydrogen-bond donors (Lipinski definition) is 0. The van der Waals surface area contributed by atoms with Crippen molar-refractivity contribution in [2.75, 3.05) is 6.61 Å². The summed E-state index contributed by atoms with van der Waals surface area (Å²) in [7, 11) is 0. The molecular weight excluding hydrogens is 288 g/mol. The van der Waals surface area contributed by atoms with Crippen molar-refractivity contribution in [3.05, 3.63) is 60.2 Å². The number of rotatable bonds is 5. The van der Waals surface area contributed by atoms with E-state index in [-0.39, 0.29) is 25.3 Å². The van der Waals surface area contributed by atoms with Gasteiger partial charge in [-0.3, -0.25) is 0 Å². The third kappa shape index (κ3) is 3.51. The summed E-state index contributed by atoms with van der Waals surface area (Å²) in [4.78, 5) is 11.8. The minimum Gasteiger partial charge on any atom is -0.459 e. The molecule has 0 fully saturated rings. The molecule has 0 aliphatic carbocycles. The van der Waals surface area contributed by atoms with Crippen molar-refractivity contribution in [2.45, 2.75) is 26.6 Å². The van der Waals surface area contributed by atoms with Crippen molar-refractivity contribution < 1.29 is 14.3 Å². The molecule has 0 N–H and O–H groups in total. The number of esters is 1. The van der Waals surface area contributed by atoms with E-state index < -0.39 is 0 Å².